The number of aromatic nitrogens is 1. The van der Waals surface area contributed by atoms with Crippen LogP contribution in [0, 0.1) is 18.3 Å². The van der Waals surface area contributed by atoms with Crippen molar-refractivity contribution in [1.82, 2.24) is 9.88 Å². The first-order chi connectivity index (χ1) is 21.9. The second kappa shape index (κ2) is 13.2. The zero-order valence-corrected chi connectivity index (χ0v) is 26.0. The predicted octanol–water partition coefficient (Wildman–Crippen LogP) is 5.25. The second-order valence-corrected chi connectivity index (χ2v) is 11.7. The monoisotopic (exact) mass is 671 g/mol. The number of rotatable bonds is 11. The number of ether oxygens (including phenoxy) is 4. The van der Waals surface area contributed by atoms with Gasteiger partial charge in [0.2, 0.25) is 0 Å². The lowest BCUT2D eigenvalue weighted by molar-refractivity contribution is -0.137. The Balaban J connectivity index is 1.24. The van der Waals surface area contributed by atoms with Gasteiger partial charge in [0.25, 0.3) is 0 Å². The van der Waals surface area contributed by atoms with Crippen molar-refractivity contribution >= 4 is 21.9 Å². The zero-order chi connectivity index (χ0) is 31.5. The Hall–Kier alpha value is -4.63. The maximum Gasteiger partial charge on any atom is 0.322 e. The van der Waals surface area contributed by atoms with Crippen molar-refractivity contribution in [3.8, 4) is 40.2 Å². The molecule has 2 aliphatic heterocycles. The summed E-state index contributed by atoms with van der Waals surface area (Å²) >= 11 is 3.62. The van der Waals surface area contributed by atoms with E-state index in [-0.39, 0.29) is 26.4 Å². The lowest BCUT2D eigenvalue weighted by atomic mass is 9.96. The Morgan fingerprint density at radius 2 is 1.84 bits per heavy atom. The minimum Gasteiger partial charge on any atom is -0.488 e. The van der Waals surface area contributed by atoms with Crippen LogP contribution in [0.3, 0.4) is 0 Å². The molecule has 45 heavy (non-hydrogen) atoms. The fraction of sp³-hybridized carbons (Fsp3) is 0.265. The molecule has 3 heterocycles. The first-order valence-electron chi connectivity index (χ1n) is 14.4. The molecule has 10 nitrogen and oxygen atoms in total. The Bertz CT molecular complexity index is 1790. The highest BCUT2D eigenvalue weighted by atomic mass is 79.9. The highest BCUT2D eigenvalue weighted by molar-refractivity contribution is 9.10. The topological polar surface area (TPSA) is 134 Å². The van der Waals surface area contributed by atoms with Crippen LogP contribution >= 0.6 is 15.9 Å². The lowest BCUT2D eigenvalue weighted by Crippen LogP contribution is -2.15. The Kier molecular flexibility index (Phi) is 8.89. The zero-order valence-electron chi connectivity index (χ0n) is 24.4. The number of nitrogens with zero attached hydrogens (tertiary/aromatic N) is 3. The third-order valence-corrected chi connectivity index (χ3v) is 8.59. The Morgan fingerprint density at radius 3 is 2.60 bits per heavy atom. The van der Waals surface area contributed by atoms with E-state index in [2.05, 4.69) is 40.0 Å². The van der Waals surface area contributed by atoms with Crippen LogP contribution in [0.25, 0.3) is 11.1 Å². The molecule has 3 unspecified atom stereocenters. The molecular formula is C34H30BrN3O7. The van der Waals surface area contributed by atoms with E-state index >= 15 is 0 Å². The number of carboxylic acids is 1. The average molecular weight is 673 g/mol. The molecule has 0 bridgehead atoms. The summed E-state index contributed by atoms with van der Waals surface area (Å²) in [6.07, 6.45) is 3.10. The van der Waals surface area contributed by atoms with Crippen LogP contribution in [-0.2, 0) is 24.6 Å². The Labute approximate surface area is 268 Å². The minimum atomic E-state index is -0.983. The number of hydrogen-bond donors (Lipinski definition) is 2. The molecule has 0 aliphatic carbocycles. The molecule has 3 aromatic carbocycles. The molecule has 2 aliphatic rings. The van der Waals surface area contributed by atoms with Gasteiger partial charge in [-0.15, -0.1) is 0 Å². The summed E-state index contributed by atoms with van der Waals surface area (Å²) in [6, 6.07) is 18.2. The van der Waals surface area contributed by atoms with E-state index in [0.29, 0.717) is 40.3 Å². The molecule has 0 radical (unpaired) electrons. The smallest absolute Gasteiger partial charge is 0.322 e. The fourth-order valence-electron chi connectivity index (χ4n) is 5.51. The van der Waals surface area contributed by atoms with Crippen molar-refractivity contribution in [2.45, 2.75) is 38.8 Å². The van der Waals surface area contributed by atoms with Gasteiger partial charge in [0.05, 0.1) is 22.7 Å². The van der Waals surface area contributed by atoms with E-state index < -0.39 is 18.1 Å². The van der Waals surface area contributed by atoms with Gasteiger partial charge in [-0.25, -0.2) is 0 Å². The van der Waals surface area contributed by atoms with Gasteiger partial charge in [-0.05, 0) is 69.4 Å². The van der Waals surface area contributed by atoms with E-state index in [1.165, 1.54) is 6.20 Å². The number of nitriles is 1. The summed E-state index contributed by atoms with van der Waals surface area (Å²) in [7, 11) is 0. The van der Waals surface area contributed by atoms with Crippen LogP contribution in [-0.4, -0.2) is 58.0 Å². The van der Waals surface area contributed by atoms with Crippen molar-refractivity contribution < 1.29 is 34.0 Å². The van der Waals surface area contributed by atoms with Gasteiger partial charge in [0, 0.05) is 36.1 Å². The van der Waals surface area contributed by atoms with E-state index in [4.69, 9.17) is 18.9 Å². The van der Waals surface area contributed by atoms with Crippen LogP contribution in [0.2, 0.25) is 0 Å². The van der Waals surface area contributed by atoms with Gasteiger partial charge in [-0.3, -0.25) is 14.7 Å². The van der Waals surface area contributed by atoms with E-state index in [1.54, 1.807) is 23.2 Å². The molecule has 4 aromatic rings. The molecule has 0 amide bonds. The molecule has 1 aromatic heterocycles. The number of aliphatic hydroxyl groups excluding tert-OH is 1. The van der Waals surface area contributed by atoms with Crippen LogP contribution in [0.5, 0.6) is 23.0 Å². The number of pyridine rings is 1. The van der Waals surface area contributed by atoms with Crippen LogP contribution in [0.15, 0.2) is 71.5 Å². The molecule has 0 saturated carbocycles. The van der Waals surface area contributed by atoms with Crippen molar-refractivity contribution in [2.24, 2.45) is 0 Å². The number of fused-ring (bicyclic) bond motifs is 1. The maximum absolute atomic E-state index is 11.7. The van der Waals surface area contributed by atoms with Crippen LogP contribution in [0.1, 0.15) is 27.8 Å². The van der Waals surface area contributed by atoms with Crippen molar-refractivity contribution in [1.29, 1.82) is 5.26 Å². The van der Waals surface area contributed by atoms with Gasteiger partial charge in [-0.1, -0.05) is 24.3 Å². The highest BCUT2D eigenvalue weighted by Crippen LogP contribution is 2.40. The van der Waals surface area contributed by atoms with Gasteiger partial charge in [0.1, 0.15) is 50.0 Å². The summed E-state index contributed by atoms with van der Waals surface area (Å²) in [5, 5.41) is 28.5. The van der Waals surface area contributed by atoms with Gasteiger partial charge >= 0.3 is 5.97 Å². The SMILES string of the molecule is Cc1c(COc2cc(OCc3cncc(C#N)c3)c(CN3C(CO)C3C(=O)O)cc2Br)cccc1-c1ccc2c(c1)OCCO2. The highest BCUT2D eigenvalue weighted by Gasteiger charge is 2.52. The number of benzene rings is 3. The number of hydrogen-bond acceptors (Lipinski definition) is 9. The fourth-order valence-corrected chi connectivity index (χ4v) is 6.01. The third kappa shape index (κ3) is 6.59. The average Bonchev–Trinajstić information content (AvgIpc) is 3.77. The minimum absolute atomic E-state index is 0.138. The first kappa shape index (κ1) is 30.4. The molecule has 3 atom stereocenters. The summed E-state index contributed by atoms with van der Waals surface area (Å²) in [5.74, 6) is 1.52. The van der Waals surface area contributed by atoms with E-state index in [1.807, 2.05) is 36.4 Å². The molecule has 0 spiro atoms. The number of aliphatic carboxylic acids is 1. The molecule has 2 N–H and O–H groups in total. The molecule has 1 saturated heterocycles. The molecular weight excluding hydrogens is 642 g/mol. The van der Waals surface area contributed by atoms with Gasteiger partial charge in [-0.2, -0.15) is 5.26 Å². The maximum atomic E-state index is 11.7. The molecule has 6 rings (SSSR count). The summed E-state index contributed by atoms with van der Waals surface area (Å²) < 4.78 is 24.6. The largest absolute Gasteiger partial charge is 0.488 e. The first-order valence-corrected chi connectivity index (χ1v) is 15.2. The number of carbonyl (C=O) groups is 1. The second-order valence-electron chi connectivity index (χ2n) is 10.8. The summed E-state index contributed by atoms with van der Waals surface area (Å²) in [5.41, 5.74) is 6.00. The number of halogens is 1. The molecule has 11 heteroatoms. The number of carboxylic acid groups (broad SMARTS) is 1. The van der Waals surface area contributed by atoms with Crippen molar-refractivity contribution in [2.75, 3.05) is 19.8 Å². The van der Waals surface area contributed by atoms with Gasteiger partial charge < -0.3 is 29.2 Å². The normalized spacial score (nSPS) is 18.1. The van der Waals surface area contributed by atoms with Crippen LogP contribution in [0.4, 0.5) is 0 Å². The standard InChI is InChI=1S/C34H30BrN3O7/c1-20-24(3-2-4-26(20)23-5-6-29-32(11-23)43-8-7-42-29)19-45-31-12-30(44-18-22-9-21(13-36)14-37-15-22)25(10-27(31)35)16-38-28(17-39)33(38)34(40)41/h2-6,9-12,14-15,28,33,39H,7-8,16-19H2,1H3,(H,40,41). The summed E-state index contributed by atoms with van der Waals surface area (Å²) in [6.45, 7) is 3.54. The summed E-state index contributed by atoms with van der Waals surface area (Å²) in [4.78, 5) is 17.5. The quantitative estimate of drug-likeness (QED) is 0.204. The molecule has 1 fully saturated rings. The molecule has 230 valence electrons. The third-order valence-electron chi connectivity index (χ3n) is 7.97. The van der Waals surface area contributed by atoms with Crippen molar-refractivity contribution in [3.05, 3.63) is 99.3 Å². The van der Waals surface area contributed by atoms with E-state index in [9.17, 15) is 20.3 Å². The van der Waals surface area contributed by atoms with E-state index in [0.717, 1.165) is 39.3 Å². The van der Waals surface area contributed by atoms with Crippen LogP contribution < -0.4 is 18.9 Å². The van der Waals surface area contributed by atoms with Crippen molar-refractivity contribution in [3.63, 3.8) is 0 Å². The lowest BCUT2D eigenvalue weighted by Gasteiger charge is -2.20. The Morgan fingerprint density at radius 1 is 1.04 bits per heavy atom. The van der Waals surface area contributed by atoms with Gasteiger partial charge in [0.15, 0.2) is 11.5 Å². The number of aliphatic hydroxyl groups is 1. The predicted molar refractivity (Wildman–Crippen MR) is 167 cm³/mol.